The molecule has 0 bridgehead atoms. The predicted molar refractivity (Wildman–Crippen MR) is 115 cm³/mol. The second-order valence-corrected chi connectivity index (χ2v) is 9.94. The smallest absolute Gasteiger partial charge is 0.338 e. The summed E-state index contributed by atoms with van der Waals surface area (Å²) in [7, 11) is -3.90. The third-order valence-electron chi connectivity index (χ3n) is 4.45. The molecule has 31 heavy (non-hydrogen) atoms. The van der Waals surface area contributed by atoms with Gasteiger partial charge in [0.25, 0.3) is 15.9 Å². The van der Waals surface area contributed by atoms with Crippen molar-refractivity contribution in [2.75, 3.05) is 4.72 Å². The van der Waals surface area contributed by atoms with Gasteiger partial charge in [0.05, 0.1) is 10.5 Å². The quantitative estimate of drug-likeness (QED) is 0.570. The fourth-order valence-corrected chi connectivity index (χ4v) is 4.09. The second-order valence-electron chi connectivity index (χ2n) is 8.29. The number of aromatic nitrogens is 2. The Morgan fingerprint density at radius 3 is 2.52 bits per heavy atom. The Kier molecular flexibility index (Phi) is 6.17. The molecular weight excluding hydrogens is 418 g/mol. The van der Waals surface area contributed by atoms with E-state index in [1.54, 1.807) is 31.2 Å². The highest BCUT2D eigenvalue weighted by atomic mass is 32.2. The zero-order valence-corrected chi connectivity index (χ0v) is 18.9. The van der Waals surface area contributed by atoms with Crippen LogP contribution in [0.2, 0.25) is 0 Å². The molecular formula is C22H25N3O5S. The number of benzene rings is 2. The number of ether oxygens (including phenoxy) is 1. The van der Waals surface area contributed by atoms with Crippen molar-refractivity contribution >= 4 is 21.7 Å². The second kappa shape index (κ2) is 8.50. The molecule has 0 saturated heterocycles. The van der Waals surface area contributed by atoms with Crippen LogP contribution in [0.5, 0.6) is 0 Å². The van der Waals surface area contributed by atoms with Crippen LogP contribution in [0, 0.1) is 13.8 Å². The maximum atomic E-state index is 12.9. The van der Waals surface area contributed by atoms with Crippen molar-refractivity contribution in [2.45, 2.75) is 51.5 Å². The molecule has 0 saturated carbocycles. The Morgan fingerprint density at radius 2 is 1.87 bits per heavy atom. The van der Waals surface area contributed by atoms with Gasteiger partial charge >= 0.3 is 5.97 Å². The number of sulfonamides is 1. The number of aryl methyl sites for hydroxylation is 2. The normalized spacial score (nSPS) is 11.9. The fraction of sp³-hybridized carbons (Fsp3) is 0.318. The van der Waals surface area contributed by atoms with Gasteiger partial charge in [0.15, 0.2) is 12.4 Å². The molecule has 0 radical (unpaired) electrons. The Hall–Kier alpha value is -3.20. The van der Waals surface area contributed by atoms with Gasteiger partial charge < -0.3 is 9.26 Å². The van der Waals surface area contributed by atoms with E-state index in [1.807, 2.05) is 33.8 Å². The van der Waals surface area contributed by atoms with Crippen LogP contribution in [-0.2, 0) is 26.8 Å². The number of nitrogens with zero attached hydrogens (tertiary/aromatic N) is 2. The van der Waals surface area contributed by atoms with Crippen molar-refractivity contribution in [3.8, 4) is 0 Å². The summed E-state index contributed by atoms with van der Waals surface area (Å²) in [6.45, 7) is 9.13. The summed E-state index contributed by atoms with van der Waals surface area (Å²) in [4.78, 5) is 16.7. The highest BCUT2D eigenvalue weighted by Gasteiger charge is 2.23. The molecule has 0 aliphatic rings. The van der Waals surface area contributed by atoms with Crippen molar-refractivity contribution in [3.05, 3.63) is 70.9 Å². The molecule has 3 aromatic rings. The van der Waals surface area contributed by atoms with E-state index in [4.69, 9.17) is 9.26 Å². The number of nitrogens with one attached hydrogen (secondary N) is 1. The van der Waals surface area contributed by atoms with Gasteiger partial charge in [-0.25, -0.2) is 13.2 Å². The molecule has 0 amide bonds. The molecule has 9 heteroatoms. The van der Waals surface area contributed by atoms with Gasteiger partial charge in [-0.15, -0.1) is 0 Å². The molecule has 3 rings (SSSR count). The summed E-state index contributed by atoms with van der Waals surface area (Å²) in [5.74, 6) is -0.0219. The lowest BCUT2D eigenvalue weighted by Gasteiger charge is -2.12. The molecule has 2 aromatic carbocycles. The van der Waals surface area contributed by atoms with Gasteiger partial charge in [-0.05, 0) is 49.2 Å². The lowest BCUT2D eigenvalue weighted by Crippen LogP contribution is -2.16. The minimum atomic E-state index is -3.90. The van der Waals surface area contributed by atoms with Crippen molar-refractivity contribution < 1.29 is 22.5 Å². The average Bonchev–Trinajstić information content (AvgIpc) is 3.15. The van der Waals surface area contributed by atoms with E-state index in [9.17, 15) is 13.2 Å². The Bertz CT molecular complexity index is 1210. The molecule has 0 aliphatic carbocycles. The summed E-state index contributed by atoms with van der Waals surface area (Å²) < 4.78 is 38.7. The SMILES string of the molecule is Cc1cccc(NS(=O)(=O)c2cc(C(=O)OCc3nc(C(C)(C)C)no3)ccc2C)c1. The van der Waals surface area contributed by atoms with Crippen molar-refractivity contribution in [1.82, 2.24) is 10.1 Å². The molecule has 0 fully saturated rings. The lowest BCUT2D eigenvalue weighted by atomic mass is 9.96. The summed E-state index contributed by atoms with van der Waals surface area (Å²) in [5, 5.41) is 3.88. The molecule has 1 N–H and O–H groups in total. The molecule has 1 aromatic heterocycles. The molecule has 8 nitrogen and oxygen atoms in total. The summed E-state index contributed by atoms with van der Waals surface area (Å²) in [6, 6.07) is 11.4. The number of carbonyl (C=O) groups excluding carboxylic acids is 1. The zero-order chi connectivity index (χ0) is 22.8. The first-order valence-corrected chi connectivity index (χ1v) is 11.1. The third kappa shape index (κ3) is 5.49. The van der Waals surface area contributed by atoms with Gasteiger partial charge in [-0.1, -0.05) is 44.1 Å². The van der Waals surface area contributed by atoms with Crippen LogP contribution in [-0.4, -0.2) is 24.5 Å². The van der Waals surface area contributed by atoms with Crippen molar-refractivity contribution in [3.63, 3.8) is 0 Å². The number of hydrogen-bond donors (Lipinski definition) is 1. The molecule has 0 atom stereocenters. The van der Waals surface area contributed by atoms with Crippen LogP contribution < -0.4 is 4.72 Å². The van der Waals surface area contributed by atoms with Gasteiger partial charge in [0.1, 0.15) is 0 Å². The molecule has 0 spiro atoms. The van der Waals surface area contributed by atoms with E-state index in [0.29, 0.717) is 17.1 Å². The van der Waals surface area contributed by atoms with Crippen molar-refractivity contribution in [1.29, 1.82) is 0 Å². The standard InChI is InChI=1S/C22H25N3O5S/c1-14-7-6-8-17(11-14)25-31(27,28)18-12-16(10-9-15(18)2)20(26)29-13-19-23-21(24-30-19)22(3,4)5/h6-12,25H,13H2,1-5H3. The highest BCUT2D eigenvalue weighted by Crippen LogP contribution is 2.22. The predicted octanol–water partition coefficient (Wildman–Crippen LogP) is 4.14. The maximum Gasteiger partial charge on any atom is 0.338 e. The largest absolute Gasteiger partial charge is 0.452 e. The van der Waals surface area contributed by atoms with E-state index in [-0.39, 0.29) is 28.4 Å². The van der Waals surface area contributed by atoms with Crippen LogP contribution in [0.15, 0.2) is 51.9 Å². The minimum absolute atomic E-state index is 0.00346. The maximum absolute atomic E-state index is 12.9. The molecule has 164 valence electrons. The van der Waals surface area contributed by atoms with Crippen LogP contribution in [0.3, 0.4) is 0 Å². The number of hydrogen-bond acceptors (Lipinski definition) is 7. The van der Waals surface area contributed by atoms with E-state index in [2.05, 4.69) is 14.9 Å². The topological polar surface area (TPSA) is 111 Å². The summed E-state index contributed by atoms with van der Waals surface area (Å²) in [5.41, 5.74) is 1.67. The van der Waals surface area contributed by atoms with Crippen LogP contribution in [0.25, 0.3) is 0 Å². The number of rotatable bonds is 6. The fourth-order valence-electron chi connectivity index (χ4n) is 2.76. The van der Waals surface area contributed by atoms with Crippen LogP contribution >= 0.6 is 0 Å². The van der Waals surface area contributed by atoms with Crippen molar-refractivity contribution in [2.24, 2.45) is 0 Å². The lowest BCUT2D eigenvalue weighted by molar-refractivity contribution is 0.0429. The molecule has 1 heterocycles. The van der Waals surface area contributed by atoms with Crippen LogP contribution in [0.1, 0.15) is 54.0 Å². The first kappa shape index (κ1) is 22.5. The van der Waals surface area contributed by atoms with Gasteiger partial charge in [0.2, 0.25) is 0 Å². The Morgan fingerprint density at radius 1 is 1.13 bits per heavy atom. The molecule has 0 unspecified atom stereocenters. The summed E-state index contributed by atoms with van der Waals surface area (Å²) >= 11 is 0. The third-order valence-corrected chi connectivity index (χ3v) is 5.97. The van der Waals surface area contributed by atoms with E-state index >= 15 is 0 Å². The van der Waals surface area contributed by atoms with Gasteiger partial charge in [-0.2, -0.15) is 4.98 Å². The minimum Gasteiger partial charge on any atom is -0.452 e. The summed E-state index contributed by atoms with van der Waals surface area (Å²) in [6.07, 6.45) is 0. The van der Waals surface area contributed by atoms with E-state index in [0.717, 1.165) is 5.56 Å². The Balaban J connectivity index is 1.76. The van der Waals surface area contributed by atoms with E-state index in [1.165, 1.54) is 12.1 Å². The highest BCUT2D eigenvalue weighted by molar-refractivity contribution is 7.92. The first-order valence-electron chi connectivity index (χ1n) is 9.66. The number of anilines is 1. The number of esters is 1. The number of carbonyl (C=O) groups is 1. The molecule has 0 aliphatic heterocycles. The van der Waals surface area contributed by atoms with Gasteiger partial charge in [0, 0.05) is 11.1 Å². The Labute approximate surface area is 181 Å². The zero-order valence-electron chi connectivity index (χ0n) is 18.1. The van der Waals surface area contributed by atoms with E-state index < -0.39 is 16.0 Å². The average molecular weight is 444 g/mol. The monoisotopic (exact) mass is 443 g/mol. The van der Waals surface area contributed by atoms with Crippen LogP contribution in [0.4, 0.5) is 5.69 Å². The van der Waals surface area contributed by atoms with Gasteiger partial charge in [-0.3, -0.25) is 4.72 Å². The first-order chi connectivity index (χ1) is 14.5.